The maximum Gasteiger partial charge on any atom is 0.145 e. The molecule has 0 aliphatic rings. The molecule has 2 aromatic heterocycles. The zero-order chi connectivity index (χ0) is 34.9. The summed E-state index contributed by atoms with van der Waals surface area (Å²) in [6, 6.07) is 66.8. The third kappa shape index (κ3) is 4.68. The molecule has 9 aromatic carbocycles. The molecule has 0 spiro atoms. The van der Waals surface area contributed by atoms with E-state index in [-0.39, 0.29) is 0 Å². The first-order valence-electron chi connectivity index (χ1n) is 18.0. The molecule has 3 nitrogen and oxygen atoms in total. The highest BCUT2D eigenvalue weighted by atomic mass is 16.3. The molecule has 0 fully saturated rings. The average Bonchev–Trinajstić information content (AvgIpc) is 3.80. The second-order valence-corrected chi connectivity index (χ2v) is 13.7. The first-order chi connectivity index (χ1) is 26.3. The largest absolute Gasteiger partial charge is 0.456 e. The minimum atomic E-state index is 0.867. The number of anilines is 3. The molecule has 0 amide bonds. The lowest BCUT2D eigenvalue weighted by molar-refractivity contribution is 0.669. The molecule has 11 rings (SSSR count). The minimum Gasteiger partial charge on any atom is -0.456 e. The van der Waals surface area contributed by atoms with Gasteiger partial charge in [-0.2, -0.15) is 0 Å². The van der Waals surface area contributed by atoms with Gasteiger partial charge in [-0.1, -0.05) is 133 Å². The van der Waals surface area contributed by atoms with Gasteiger partial charge in [0.1, 0.15) is 22.3 Å². The van der Waals surface area contributed by atoms with Crippen molar-refractivity contribution in [3.8, 4) is 22.3 Å². The van der Waals surface area contributed by atoms with Gasteiger partial charge in [-0.15, -0.1) is 0 Å². The summed E-state index contributed by atoms with van der Waals surface area (Å²) < 4.78 is 13.0. The molecule has 0 saturated heterocycles. The highest BCUT2D eigenvalue weighted by molar-refractivity contribution is 6.20. The summed E-state index contributed by atoms with van der Waals surface area (Å²) in [6.45, 7) is 0. The van der Waals surface area contributed by atoms with E-state index in [1.807, 2.05) is 18.2 Å². The van der Waals surface area contributed by atoms with E-state index in [1.54, 1.807) is 0 Å². The second kappa shape index (κ2) is 11.7. The highest BCUT2D eigenvalue weighted by Gasteiger charge is 2.24. The lowest BCUT2D eigenvalue weighted by Crippen LogP contribution is -2.11. The van der Waals surface area contributed by atoms with Crippen LogP contribution in [-0.2, 0) is 0 Å². The van der Waals surface area contributed by atoms with E-state index in [4.69, 9.17) is 8.83 Å². The van der Waals surface area contributed by atoms with Gasteiger partial charge in [-0.25, -0.2) is 0 Å². The third-order valence-corrected chi connectivity index (χ3v) is 10.7. The summed E-state index contributed by atoms with van der Waals surface area (Å²) in [6.07, 6.45) is 0. The minimum absolute atomic E-state index is 0.867. The van der Waals surface area contributed by atoms with E-state index in [2.05, 4.69) is 175 Å². The Morgan fingerprint density at radius 3 is 1.83 bits per heavy atom. The van der Waals surface area contributed by atoms with Crippen molar-refractivity contribution in [2.24, 2.45) is 0 Å². The molecular weight excluding hydrogens is 647 g/mol. The number of hydrogen-bond acceptors (Lipinski definition) is 3. The monoisotopic (exact) mass is 677 g/mol. The highest BCUT2D eigenvalue weighted by Crippen LogP contribution is 2.48. The summed E-state index contributed by atoms with van der Waals surface area (Å²) in [4.78, 5) is 2.42. The summed E-state index contributed by atoms with van der Waals surface area (Å²) in [5, 5.41) is 9.26. The Bertz CT molecular complexity index is 3170. The van der Waals surface area contributed by atoms with Gasteiger partial charge in [0.25, 0.3) is 0 Å². The Morgan fingerprint density at radius 1 is 0.340 bits per heavy atom. The van der Waals surface area contributed by atoms with Gasteiger partial charge in [0.2, 0.25) is 0 Å². The van der Waals surface area contributed by atoms with Crippen molar-refractivity contribution in [3.63, 3.8) is 0 Å². The second-order valence-electron chi connectivity index (χ2n) is 13.7. The summed E-state index contributed by atoms with van der Waals surface area (Å²) in [7, 11) is 0. The smallest absolute Gasteiger partial charge is 0.145 e. The molecule has 0 N–H and O–H groups in total. The molecule has 0 aliphatic heterocycles. The average molecular weight is 678 g/mol. The third-order valence-electron chi connectivity index (χ3n) is 10.7. The molecule has 248 valence electrons. The zero-order valence-corrected chi connectivity index (χ0v) is 28.7. The Balaban J connectivity index is 1.16. The van der Waals surface area contributed by atoms with Gasteiger partial charge in [0, 0.05) is 32.8 Å². The van der Waals surface area contributed by atoms with E-state index in [1.165, 1.54) is 21.5 Å². The van der Waals surface area contributed by atoms with Crippen LogP contribution in [0.4, 0.5) is 17.1 Å². The van der Waals surface area contributed by atoms with Crippen molar-refractivity contribution < 1.29 is 8.83 Å². The molecule has 11 aromatic rings. The number of rotatable bonds is 5. The Kier molecular flexibility index (Phi) is 6.55. The molecule has 0 bridgehead atoms. The molecule has 0 unspecified atom stereocenters. The van der Waals surface area contributed by atoms with Gasteiger partial charge in [0.05, 0.1) is 16.8 Å². The summed E-state index contributed by atoms with van der Waals surface area (Å²) in [5.74, 6) is 0. The van der Waals surface area contributed by atoms with Crippen molar-refractivity contribution in [1.82, 2.24) is 0 Å². The van der Waals surface area contributed by atoms with Crippen LogP contribution >= 0.6 is 0 Å². The van der Waals surface area contributed by atoms with Crippen molar-refractivity contribution in [2.75, 3.05) is 4.90 Å². The predicted octanol–water partition coefficient (Wildman–Crippen LogP) is 14.6. The number of furan rings is 2. The van der Waals surface area contributed by atoms with E-state index in [9.17, 15) is 0 Å². The fourth-order valence-electron chi connectivity index (χ4n) is 8.18. The number of para-hydroxylation sites is 2. The number of hydrogen-bond donors (Lipinski definition) is 0. The van der Waals surface area contributed by atoms with Gasteiger partial charge in [-0.05, 0) is 87.4 Å². The molecule has 0 aliphatic carbocycles. The quantitative estimate of drug-likeness (QED) is 0.170. The van der Waals surface area contributed by atoms with Gasteiger partial charge in [-0.3, -0.25) is 0 Å². The van der Waals surface area contributed by atoms with Gasteiger partial charge < -0.3 is 13.7 Å². The summed E-state index contributed by atoms with van der Waals surface area (Å²) >= 11 is 0. The van der Waals surface area contributed by atoms with Crippen molar-refractivity contribution >= 4 is 82.5 Å². The normalized spacial score (nSPS) is 11.8. The first kappa shape index (κ1) is 29.6. The molecule has 53 heavy (non-hydrogen) atoms. The van der Waals surface area contributed by atoms with Crippen LogP contribution in [0.15, 0.2) is 197 Å². The van der Waals surface area contributed by atoms with E-state index < -0.39 is 0 Å². The zero-order valence-electron chi connectivity index (χ0n) is 28.7. The lowest BCUT2D eigenvalue weighted by atomic mass is 9.97. The predicted molar refractivity (Wildman–Crippen MR) is 222 cm³/mol. The van der Waals surface area contributed by atoms with Crippen molar-refractivity contribution in [2.45, 2.75) is 0 Å². The van der Waals surface area contributed by atoms with Crippen LogP contribution in [0.5, 0.6) is 0 Å². The van der Waals surface area contributed by atoms with Crippen LogP contribution in [-0.4, -0.2) is 0 Å². The van der Waals surface area contributed by atoms with Crippen LogP contribution < -0.4 is 4.90 Å². The first-order valence-corrected chi connectivity index (χ1v) is 18.0. The molecule has 0 radical (unpaired) electrons. The maximum absolute atomic E-state index is 6.76. The number of nitrogens with zero attached hydrogens (tertiary/aromatic N) is 1. The van der Waals surface area contributed by atoms with Crippen molar-refractivity contribution in [1.29, 1.82) is 0 Å². The van der Waals surface area contributed by atoms with Crippen LogP contribution in [0.25, 0.3) is 87.7 Å². The SMILES string of the molecule is c1ccc(-c2ccc(N(c3ccc(-c4ccc5c(c4)oc4ccccc45)cc3)c3cccc4ccc5ccccc5c34)c3c2oc2ccccc23)cc1. The van der Waals surface area contributed by atoms with E-state index in [0.717, 1.165) is 83.2 Å². The maximum atomic E-state index is 6.76. The fourth-order valence-corrected chi connectivity index (χ4v) is 8.18. The molecule has 0 saturated carbocycles. The van der Waals surface area contributed by atoms with E-state index >= 15 is 0 Å². The lowest BCUT2D eigenvalue weighted by Gasteiger charge is -2.28. The molecule has 2 heterocycles. The van der Waals surface area contributed by atoms with E-state index in [0.29, 0.717) is 0 Å². The van der Waals surface area contributed by atoms with Crippen LogP contribution in [0.2, 0.25) is 0 Å². The molecular formula is C50H31NO2. The summed E-state index contributed by atoms with van der Waals surface area (Å²) in [5.41, 5.74) is 11.2. The fraction of sp³-hybridized carbons (Fsp3) is 0. The number of benzene rings is 9. The molecule has 3 heteroatoms. The Labute approximate surface area is 305 Å². The van der Waals surface area contributed by atoms with Gasteiger partial charge in [0.15, 0.2) is 0 Å². The topological polar surface area (TPSA) is 29.5 Å². The Hall–Kier alpha value is -7.10. The Morgan fingerprint density at radius 2 is 0.981 bits per heavy atom. The molecule has 0 atom stereocenters. The van der Waals surface area contributed by atoms with Crippen LogP contribution in [0, 0.1) is 0 Å². The van der Waals surface area contributed by atoms with Crippen LogP contribution in [0.1, 0.15) is 0 Å². The van der Waals surface area contributed by atoms with Crippen molar-refractivity contribution in [3.05, 3.63) is 188 Å². The van der Waals surface area contributed by atoms with Crippen LogP contribution in [0.3, 0.4) is 0 Å². The number of fused-ring (bicyclic) bond motifs is 9. The standard InChI is InChI=1S/C50H31NO2/c1-2-11-33(12-3-1)39-29-30-44(49-42-17-7-9-20-46(42)53-50(39)49)51(43-18-10-14-35-22-21-34-13-4-5-15-38(34)48(35)43)37-26-23-32(24-27-37)36-25-28-41-40-16-6-8-19-45(40)52-47(41)31-36/h1-31H. The van der Waals surface area contributed by atoms with Gasteiger partial charge >= 0.3 is 0 Å².